The normalized spacial score (nSPS) is 31.4. The molecule has 1 aliphatic heterocycles. The second-order valence-corrected chi connectivity index (χ2v) is 5.42. The molecular weight excluding hydrogens is 228 g/mol. The third-order valence-electron chi connectivity index (χ3n) is 4.37. The lowest BCUT2D eigenvalue weighted by Gasteiger charge is -2.24. The van der Waals surface area contributed by atoms with Crippen molar-refractivity contribution >= 4 is 5.97 Å². The Morgan fingerprint density at radius 3 is 2.89 bits per heavy atom. The lowest BCUT2D eigenvalue weighted by atomic mass is 9.94. The van der Waals surface area contributed by atoms with Gasteiger partial charge in [-0.2, -0.15) is 0 Å². The zero-order valence-corrected chi connectivity index (χ0v) is 10.3. The fraction of sp³-hybridized carbons (Fsp3) is 0.571. The van der Waals surface area contributed by atoms with Crippen LogP contribution in [-0.4, -0.2) is 33.5 Å². The summed E-state index contributed by atoms with van der Waals surface area (Å²) in [6.45, 7) is 1.66. The number of likely N-dealkylation sites (tertiary alicyclic amines) is 1. The molecule has 0 aromatic carbocycles. The fourth-order valence-electron chi connectivity index (χ4n) is 3.62. The molecule has 2 fully saturated rings. The first kappa shape index (κ1) is 11.7. The van der Waals surface area contributed by atoms with Crippen LogP contribution in [0.2, 0.25) is 0 Å². The minimum Gasteiger partial charge on any atom is -0.480 e. The Hall–Kier alpha value is -1.42. The van der Waals surface area contributed by atoms with Crippen molar-refractivity contribution in [1.29, 1.82) is 0 Å². The van der Waals surface area contributed by atoms with E-state index in [0.717, 1.165) is 25.1 Å². The largest absolute Gasteiger partial charge is 0.480 e. The summed E-state index contributed by atoms with van der Waals surface area (Å²) >= 11 is 0. The van der Waals surface area contributed by atoms with Gasteiger partial charge in [0, 0.05) is 25.5 Å². The summed E-state index contributed by atoms with van der Waals surface area (Å²) in [6, 6.07) is 3.64. The van der Waals surface area contributed by atoms with E-state index in [2.05, 4.69) is 9.88 Å². The minimum atomic E-state index is -0.654. The number of aliphatic carboxylic acids is 1. The van der Waals surface area contributed by atoms with E-state index in [1.54, 1.807) is 12.4 Å². The van der Waals surface area contributed by atoms with Gasteiger partial charge in [0.1, 0.15) is 6.04 Å². The maximum Gasteiger partial charge on any atom is 0.321 e. The molecule has 3 unspecified atom stereocenters. The summed E-state index contributed by atoms with van der Waals surface area (Å²) in [7, 11) is 0. The molecule has 1 aromatic heterocycles. The molecule has 0 radical (unpaired) electrons. The Morgan fingerprint density at radius 1 is 1.39 bits per heavy atom. The average molecular weight is 246 g/mol. The number of carboxylic acids is 1. The van der Waals surface area contributed by atoms with Gasteiger partial charge in [-0.25, -0.2) is 0 Å². The fourth-order valence-corrected chi connectivity index (χ4v) is 3.62. The Labute approximate surface area is 107 Å². The number of nitrogens with zero attached hydrogens (tertiary/aromatic N) is 2. The summed E-state index contributed by atoms with van der Waals surface area (Å²) in [5, 5.41) is 9.45. The molecule has 2 aliphatic rings. The SMILES string of the molecule is O=C(O)C1C2CCCC2CN1Cc1ccncc1. The van der Waals surface area contributed by atoms with Gasteiger partial charge in [-0.3, -0.25) is 14.7 Å². The van der Waals surface area contributed by atoms with Crippen LogP contribution in [0.25, 0.3) is 0 Å². The van der Waals surface area contributed by atoms with E-state index < -0.39 is 5.97 Å². The van der Waals surface area contributed by atoms with Crippen LogP contribution in [0, 0.1) is 11.8 Å². The van der Waals surface area contributed by atoms with E-state index >= 15 is 0 Å². The van der Waals surface area contributed by atoms with Crippen molar-refractivity contribution in [2.45, 2.75) is 31.8 Å². The lowest BCUT2D eigenvalue weighted by molar-refractivity contribution is -0.143. The van der Waals surface area contributed by atoms with Crippen molar-refractivity contribution < 1.29 is 9.90 Å². The predicted octanol–water partition coefficient (Wildman–Crippen LogP) is 1.77. The molecule has 1 N–H and O–H groups in total. The summed E-state index contributed by atoms with van der Waals surface area (Å²) < 4.78 is 0. The first-order valence-corrected chi connectivity index (χ1v) is 6.61. The van der Waals surface area contributed by atoms with Crippen LogP contribution in [0.15, 0.2) is 24.5 Å². The van der Waals surface area contributed by atoms with Crippen LogP contribution in [-0.2, 0) is 11.3 Å². The minimum absolute atomic E-state index is 0.286. The van der Waals surface area contributed by atoms with Crippen LogP contribution in [0.1, 0.15) is 24.8 Å². The van der Waals surface area contributed by atoms with Crippen LogP contribution in [0.3, 0.4) is 0 Å². The van der Waals surface area contributed by atoms with Gasteiger partial charge in [0.05, 0.1) is 0 Å². The maximum absolute atomic E-state index is 11.5. The first-order valence-electron chi connectivity index (χ1n) is 6.61. The molecular formula is C14H18N2O2. The Balaban J connectivity index is 1.77. The molecule has 2 heterocycles. The van der Waals surface area contributed by atoms with Crippen molar-refractivity contribution in [3.05, 3.63) is 30.1 Å². The number of carboxylic acid groups (broad SMARTS) is 1. The number of aromatic nitrogens is 1. The molecule has 1 aliphatic carbocycles. The van der Waals surface area contributed by atoms with Gasteiger partial charge >= 0.3 is 5.97 Å². The highest BCUT2D eigenvalue weighted by Gasteiger charge is 2.47. The standard InChI is InChI=1S/C14H18N2O2/c17-14(18)13-12-3-1-2-11(12)9-16(13)8-10-4-6-15-7-5-10/h4-7,11-13H,1-3,8-9H2,(H,17,18). The van der Waals surface area contributed by atoms with E-state index in [1.165, 1.54) is 12.8 Å². The zero-order valence-electron chi connectivity index (χ0n) is 10.3. The van der Waals surface area contributed by atoms with Crippen molar-refractivity contribution in [3.63, 3.8) is 0 Å². The Kier molecular flexibility index (Phi) is 3.04. The number of rotatable bonds is 3. The molecule has 18 heavy (non-hydrogen) atoms. The van der Waals surface area contributed by atoms with Crippen LogP contribution >= 0.6 is 0 Å². The summed E-state index contributed by atoms with van der Waals surface area (Å²) in [5.74, 6) is 0.302. The maximum atomic E-state index is 11.5. The molecule has 1 aromatic rings. The number of fused-ring (bicyclic) bond motifs is 1. The summed E-state index contributed by atoms with van der Waals surface area (Å²) in [4.78, 5) is 17.6. The molecule has 0 bridgehead atoms. The molecule has 4 nitrogen and oxygen atoms in total. The van der Waals surface area contributed by atoms with Crippen molar-refractivity contribution in [2.75, 3.05) is 6.54 Å². The molecule has 1 saturated carbocycles. The molecule has 3 rings (SSSR count). The van der Waals surface area contributed by atoms with E-state index in [0.29, 0.717) is 11.8 Å². The zero-order chi connectivity index (χ0) is 12.5. The van der Waals surface area contributed by atoms with E-state index in [9.17, 15) is 9.90 Å². The van der Waals surface area contributed by atoms with Gasteiger partial charge in [0.15, 0.2) is 0 Å². The van der Waals surface area contributed by atoms with Gasteiger partial charge in [-0.15, -0.1) is 0 Å². The topological polar surface area (TPSA) is 53.4 Å². The summed E-state index contributed by atoms with van der Waals surface area (Å²) in [6.07, 6.45) is 7.00. The molecule has 3 atom stereocenters. The quantitative estimate of drug-likeness (QED) is 0.883. The smallest absolute Gasteiger partial charge is 0.321 e. The van der Waals surface area contributed by atoms with Gasteiger partial charge in [0.2, 0.25) is 0 Å². The Morgan fingerprint density at radius 2 is 2.17 bits per heavy atom. The third kappa shape index (κ3) is 2.01. The van der Waals surface area contributed by atoms with E-state index in [4.69, 9.17) is 0 Å². The lowest BCUT2D eigenvalue weighted by Crippen LogP contribution is -2.39. The van der Waals surface area contributed by atoms with Gasteiger partial charge in [0.25, 0.3) is 0 Å². The van der Waals surface area contributed by atoms with Gasteiger partial charge in [-0.1, -0.05) is 6.42 Å². The van der Waals surface area contributed by atoms with Crippen molar-refractivity contribution in [1.82, 2.24) is 9.88 Å². The van der Waals surface area contributed by atoms with Gasteiger partial charge < -0.3 is 5.11 Å². The van der Waals surface area contributed by atoms with Crippen LogP contribution in [0.4, 0.5) is 0 Å². The second kappa shape index (κ2) is 4.69. The van der Waals surface area contributed by atoms with Crippen LogP contribution < -0.4 is 0 Å². The average Bonchev–Trinajstić information content (AvgIpc) is 2.89. The first-order chi connectivity index (χ1) is 8.75. The Bertz CT molecular complexity index is 435. The third-order valence-corrected chi connectivity index (χ3v) is 4.37. The van der Waals surface area contributed by atoms with Crippen molar-refractivity contribution in [2.24, 2.45) is 11.8 Å². The highest BCUT2D eigenvalue weighted by molar-refractivity contribution is 5.74. The predicted molar refractivity (Wildman–Crippen MR) is 66.9 cm³/mol. The monoisotopic (exact) mass is 246 g/mol. The summed E-state index contributed by atoms with van der Waals surface area (Å²) in [5.41, 5.74) is 1.15. The van der Waals surface area contributed by atoms with Gasteiger partial charge in [-0.05, 0) is 42.4 Å². The molecule has 1 saturated heterocycles. The second-order valence-electron chi connectivity index (χ2n) is 5.42. The number of pyridine rings is 1. The number of hydrogen-bond acceptors (Lipinski definition) is 3. The molecule has 0 spiro atoms. The van der Waals surface area contributed by atoms with E-state index in [1.807, 2.05) is 12.1 Å². The number of hydrogen-bond donors (Lipinski definition) is 1. The molecule has 0 amide bonds. The molecule has 96 valence electrons. The highest BCUT2D eigenvalue weighted by Crippen LogP contribution is 2.42. The highest BCUT2D eigenvalue weighted by atomic mass is 16.4. The molecule has 4 heteroatoms. The van der Waals surface area contributed by atoms with Crippen molar-refractivity contribution in [3.8, 4) is 0 Å². The van der Waals surface area contributed by atoms with E-state index in [-0.39, 0.29) is 6.04 Å². The number of carbonyl (C=O) groups is 1. The van der Waals surface area contributed by atoms with Crippen LogP contribution in [0.5, 0.6) is 0 Å².